The molecule has 2 unspecified atom stereocenters. The standard InChI is InChI=1S/C28H35F3N6/c1-4-13-27(19-34-26(18-32-3)28(30,31)5-2)14-12-20(16-27)17-33-21-10-11-22(29)25(15-21)37-24-9-7-6-8-23(24)35-36-37/h6-11,15,20,33H,3-5,12-14,16-19H2,1-2H3/b34-26+. The van der Waals surface area contributed by atoms with E-state index in [-0.39, 0.29) is 29.9 Å². The van der Waals surface area contributed by atoms with Crippen molar-refractivity contribution >= 4 is 29.1 Å². The third kappa shape index (κ3) is 6.02. The summed E-state index contributed by atoms with van der Waals surface area (Å²) in [6.45, 7) is 7.93. The Hall–Kier alpha value is -3.23. The van der Waals surface area contributed by atoms with Gasteiger partial charge in [0.1, 0.15) is 22.7 Å². The van der Waals surface area contributed by atoms with Crippen LogP contribution in [0.3, 0.4) is 0 Å². The van der Waals surface area contributed by atoms with Crippen molar-refractivity contribution in [2.45, 2.75) is 58.3 Å². The summed E-state index contributed by atoms with van der Waals surface area (Å²) in [5.41, 5.74) is 2.31. The first kappa shape index (κ1) is 26.8. The first-order valence-corrected chi connectivity index (χ1v) is 13.0. The number of para-hydroxylation sites is 1. The molecular formula is C28H35F3N6. The number of anilines is 1. The van der Waals surface area contributed by atoms with Crippen molar-refractivity contribution in [3.63, 3.8) is 0 Å². The van der Waals surface area contributed by atoms with Crippen molar-refractivity contribution in [1.82, 2.24) is 15.0 Å². The number of alkyl halides is 2. The van der Waals surface area contributed by atoms with Crippen LogP contribution < -0.4 is 5.32 Å². The molecule has 1 saturated carbocycles. The Bertz CT molecular complexity index is 1250. The highest BCUT2D eigenvalue weighted by Crippen LogP contribution is 2.46. The minimum atomic E-state index is -2.95. The highest BCUT2D eigenvalue weighted by atomic mass is 19.3. The fourth-order valence-electron chi connectivity index (χ4n) is 5.43. The van der Waals surface area contributed by atoms with Crippen LogP contribution >= 0.6 is 0 Å². The number of benzene rings is 2. The lowest BCUT2D eigenvalue weighted by Crippen LogP contribution is -2.32. The van der Waals surface area contributed by atoms with Gasteiger partial charge in [-0.25, -0.2) is 9.07 Å². The highest BCUT2D eigenvalue weighted by molar-refractivity contribution is 5.93. The normalized spacial score (nSPS) is 20.5. The largest absolute Gasteiger partial charge is 0.385 e. The summed E-state index contributed by atoms with van der Waals surface area (Å²) >= 11 is 0. The number of halogens is 3. The van der Waals surface area contributed by atoms with Crippen LogP contribution in [0.25, 0.3) is 16.7 Å². The maximum Gasteiger partial charge on any atom is 0.287 e. The number of rotatable bonds is 12. The highest BCUT2D eigenvalue weighted by Gasteiger charge is 2.40. The van der Waals surface area contributed by atoms with Crippen LogP contribution in [0, 0.1) is 17.2 Å². The number of aromatic nitrogens is 3. The maximum atomic E-state index is 14.7. The van der Waals surface area contributed by atoms with Crippen molar-refractivity contribution in [3.05, 3.63) is 48.3 Å². The van der Waals surface area contributed by atoms with Gasteiger partial charge in [-0.3, -0.25) is 9.98 Å². The van der Waals surface area contributed by atoms with Gasteiger partial charge < -0.3 is 5.32 Å². The van der Waals surface area contributed by atoms with Crippen LogP contribution in [0.1, 0.15) is 52.4 Å². The molecule has 198 valence electrons. The summed E-state index contributed by atoms with van der Waals surface area (Å²) in [7, 11) is 0. The van der Waals surface area contributed by atoms with Gasteiger partial charge in [0.15, 0.2) is 0 Å². The Morgan fingerprint density at radius 3 is 2.81 bits per heavy atom. The summed E-state index contributed by atoms with van der Waals surface area (Å²) in [5, 5.41) is 11.7. The Kier molecular flexibility index (Phi) is 8.29. The van der Waals surface area contributed by atoms with Crippen LogP contribution in [-0.2, 0) is 0 Å². The third-order valence-electron chi connectivity index (χ3n) is 7.44. The Labute approximate surface area is 216 Å². The molecule has 1 aromatic heterocycles. The van der Waals surface area contributed by atoms with Crippen LogP contribution in [0.4, 0.5) is 18.9 Å². The number of hydrogen-bond donors (Lipinski definition) is 1. The van der Waals surface area contributed by atoms with Gasteiger partial charge in [-0.2, -0.15) is 8.78 Å². The number of nitrogens with zero attached hydrogens (tertiary/aromatic N) is 5. The van der Waals surface area contributed by atoms with Gasteiger partial charge in [0.05, 0.1) is 12.1 Å². The van der Waals surface area contributed by atoms with Gasteiger partial charge in [0.2, 0.25) is 0 Å². The molecule has 0 spiro atoms. The molecule has 0 saturated heterocycles. The fourth-order valence-corrected chi connectivity index (χ4v) is 5.43. The minimum Gasteiger partial charge on any atom is -0.385 e. The van der Waals surface area contributed by atoms with E-state index >= 15 is 0 Å². The molecular weight excluding hydrogens is 477 g/mol. The average molecular weight is 513 g/mol. The van der Waals surface area contributed by atoms with E-state index in [1.165, 1.54) is 17.7 Å². The summed E-state index contributed by atoms with van der Waals surface area (Å²) in [6.07, 6.45) is 4.47. The zero-order valence-electron chi connectivity index (χ0n) is 21.6. The molecule has 0 amide bonds. The number of hydrogen-bond acceptors (Lipinski definition) is 5. The Balaban J connectivity index is 1.45. The van der Waals surface area contributed by atoms with Crippen molar-refractivity contribution in [2.75, 3.05) is 25.0 Å². The predicted molar refractivity (Wildman–Crippen MR) is 144 cm³/mol. The molecule has 0 aliphatic heterocycles. The molecule has 37 heavy (non-hydrogen) atoms. The molecule has 0 radical (unpaired) electrons. The zero-order valence-corrected chi connectivity index (χ0v) is 21.6. The molecule has 1 N–H and O–H groups in total. The summed E-state index contributed by atoms with van der Waals surface area (Å²) in [6, 6.07) is 12.3. The van der Waals surface area contributed by atoms with Crippen molar-refractivity contribution in [1.29, 1.82) is 0 Å². The van der Waals surface area contributed by atoms with E-state index < -0.39 is 5.92 Å². The lowest BCUT2D eigenvalue weighted by molar-refractivity contribution is 0.0718. The molecule has 1 aliphatic rings. The van der Waals surface area contributed by atoms with Crippen LogP contribution in [0.15, 0.2) is 52.4 Å². The number of fused-ring (bicyclic) bond motifs is 1. The smallest absolute Gasteiger partial charge is 0.287 e. The SMILES string of the molecule is C=NC/C(=N\CC1(CCC)CCC(CNc2ccc(F)c(-n3nnc4ccccc43)c2)C1)C(F)(F)CC. The molecule has 1 aliphatic carbocycles. The van der Waals surface area contributed by atoms with Gasteiger partial charge >= 0.3 is 0 Å². The molecule has 9 heteroatoms. The van der Waals surface area contributed by atoms with E-state index in [0.717, 1.165) is 43.3 Å². The summed E-state index contributed by atoms with van der Waals surface area (Å²) in [5.74, 6) is -2.96. The minimum absolute atomic E-state index is 0.0923. The third-order valence-corrected chi connectivity index (χ3v) is 7.44. The second-order valence-corrected chi connectivity index (χ2v) is 10.1. The van der Waals surface area contributed by atoms with E-state index in [1.807, 2.05) is 24.3 Å². The molecule has 6 nitrogen and oxygen atoms in total. The first-order chi connectivity index (χ1) is 17.8. The van der Waals surface area contributed by atoms with Crippen LogP contribution in [0.5, 0.6) is 0 Å². The van der Waals surface area contributed by atoms with Crippen LogP contribution in [-0.4, -0.2) is 53.0 Å². The van der Waals surface area contributed by atoms with E-state index in [9.17, 15) is 13.2 Å². The van der Waals surface area contributed by atoms with Gasteiger partial charge in [0, 0.05) is 25.2 Å². The molecule has 3 aromatic rings. The van der Waals surface area contributed by atoms with E-state index in [1.54, 1.807) is 12.1 Å². The second kappa shape index (κ2) is 11.4. The molecule has 4 rings (SSSR count). The van der Waals surface area contributed by atoms with Crippen molar-refractivity contribution in [2.24, 2.45) is 21.3 Å². The zero-order chi connectivity index (χ0) is 26.5. The molecule has 0 bridgehead atoms. The quantitative estimate of drug-likeness (QED) is 0.273. The maximum absolute atomic E-state index is 14.7. The fraction of sp³-hybridized carbons (Fsp3) is 0.500. The lowest BCUT2D eigenvalue weighted by Gasteiger charge is -2.28. The summed E-state index contributed by atoms with van der Waals surface area (Å²) in [4.78, 5) is 8.09. The van der Waals surface area contributed by atoms with Crippen LogP contribution in [0.2, 0.25) is 0 Å². The molecule has 2 aromatic carbocycles. The topological polar surface area (TPSA) is 67.5 Å². The van der Waals surface area contributed by atoms with Gasteiger partial charge in [0.25, 0.3) is 5.92 Å². The van der Waals surface area contributed by atoms with E-state index in [0.29, 0.717) is 30.2 Å². The average Bonchev–Trinajstić information content (AvgIpc) is 3.51. The van der Waals surface area contributed by atoms with Gasteiger partial charge in [-0.05, 0) is 74.1 Å². The first-order valence-electron chi connectivity index (χ1n) is 13.0. The number of nitrogens with one attached hydrogen (secondary N) is 1. The monoisotopic (exact) mass is 512 g/mol. The van der Waals surface area contributed by atoms with Gasteiger partial charge in [-0.1, -0.05) is 37.6 Å². The van der Waals surface area contributed by atoms with E-state index in [4.69, 9.17) is 0 Å². The van der Waals surface area contributed by atoms with Crippen molar-refractivity contribution < 1.29 is 13.2 Å². The van der Waals surface area contributed by atoms with E-state index in [2.05, 4.69) is 39.3 Å². The Morgan fingerprint density at radius 2 is 2.05 bits per heavy atom. The summed E-state index contributed by atoms with van der Waals surface area (Å²) < 4.78 is 44.9. The second-order valence-electron chi connectivity index (χ2n) is 10.1. The Morgan fingerprint density at radius 1 is 1.24 bits per heavy atom. The van der Waals surface area contributed by atoms with Gasteiger partial charge in [-0.15, -0.1) is 5.10 Å². The number of aliphatic imine (C=N–C) groups is 2. The van der Waals surface area contributed by atoms with Crippen molar-refractivity contribution in [3.8, 4) is 5.69 Å². The predicted octanol–water partition coefficient (Wildman–Crippen LogP) is 6.75. The molecule has 2 atom stereocenters. The molecule has 1 fully saturated rings. The molecule has 1 heterocycles. The lowest BCUT2D eigenvalue weighted by atomic mass is 9.81.